The number of rotatable bonds is 8. The molecule has 0 aliphatic carbocycles. The highest BCUT2D eigenvalue weighted by atomic mass is 16.5. The van der Waals surface area contributed by atoms with Gasteiger partial charge in [0.1, 0.15) is 17.9 Å². The van der Waals surface area contributed by atoms with E-state index in [-0.39, 0.29) is 18.9 Å². The first-order valence-electron chi connectivity index (χ1n) is 9.68. The highest BCUT2D eigenvalue weighted by molar-refractivity contribution is 5.85. The molecule has 1 amide bonds. The van der Waals surface area contributed by atoms with Gasteiger partial charge in [-0.05, 0) is 42.7 Å². The molecule has 1 aromatic heterocycles. The van der Waals surface area contributed by atoms with Crippen molar-refractivity contribution in [1.82, 2.24) is 5.32 Å². The number of nitrogens with one attached hydrogen (secondary N) is 1. The first-order chi connectivity index (χ1) is 14.3. The molecular weight excluding hydrogens is 382 g/mol. The molecule has 0 aliphatic heterocycles. The van der Waals surface area contributed by atoms with Gasteiger partial charge in [-0.2, -0.15) is 0 Å². The van der Waals surface area contributed by atoms with Gasteiger partial charge in [-0.3, -0.25) is 4.79 Å². The lowest BCUT2D eigenvalue weighted by Gasteiger charge is -2.13. The molecule has 6 nitrogen and oxygen atoms in total. The van der Waals surface area contributed by atoms with E-state index in [2.05, 4.69) is 11.9 Å². The molecule has 2 N–H and O–H groups in total. The van der Waals surface area contributed by atoms with Gasteiger partial charge < -0.3 is 19.6 Å². The topological polar surface area (TPSA) is 88.8 Å². The van der Waals surface area contributed by atoms with Crippen LogP contribution in [0.3, 0.4) is 0 Å². The molecule has 2 aromatic carbocycles. The number of hydrogen-bond donors (Lipinski definition) is 2. The lowest BCUT2D eigenvalue weighted by atomic mass is 10.0. The Morgan fingerprint density at radius 1 is 1.23 bits per heavy atom. The van der Waals surface area contributed by atoms with Crippen molar-refractivity contribution < 1.29 is 19.1 Å². The zero-order valence-electron chi connectivity index (χ0n) is 17.1. The summed E-state index contributed by atoms with van der Waals surface area (Å²) in [6.45, 7) is 7.88. The quantitative estimate of drug-likeness (QED) is 0.441. The number of aliphatic hydroxyl groups is 1. The Bertz CT molecular complexity index is 1120. The molecule has 0 bridgehead atoms. The van der Waals surface area contributed by atoms with Crippen LogP contribution < -0.4 is 15.7 Å². The third-order valence-electron chi connectivity index (χ3n) is 4.76. The monoisotopic (exact) mass is 407 g/mol. The first-order valence-corrected chi connectivity index (χ1v) is 9.68. The number of aryl methyl sites for hydroxylation is 1. The molecule has 1 heterocycles. The lowest BCUT2D eigenvalue weighted by molar-refractivity contribution is -0.120. The van der Waals surface area contributed by atoms with Crippen LogP contribution in [0.5, 0.6) is 5.75 Å². The Morgan fingerprint density at radius 2 is 1.97 bits per heavy atom. The summed E-state index contributed by atoms with van der Waals surface area (Å²) in [6, 6.07) is 14.3. The van der Waals surface area contributed by atoms with Crippen LogP contribution in [0, 0.1) is 6.92 Å². The van der Waals surface area contributed by atoms with Gasteiger partial charge in [0.05, 0.1) is 18.1 Å². The molecule has 30 heavy (non-hydrogen) atoms. The van der Waals surface area contributed by atoms with E-state index >= 15 is 0 Å². The van der Waals surface area contributed by atoms with Gasteiger partial charge in [-0.1, -0.05) is 36.9 Å². The maximum atomic E-state index is 12.5. The average Bonchev–Trinajstić information content (AvgIpc) is 2.73. The SMILES string of the molecule is C=C(C)COc1ccc2c(C)c(CC(=O)NCC(O)c3ccccc3)c(=O)oc2c1. The Balaban J connectivity index is 1.72. The van der Waals surface area contributed by atoms with Gasteiger partial charge in [-0.15, -0.1) is 0 Å². The highest BCUT2D eigenvalue weighted by Crippen LogP contribution is 2.24. The Labute approximate surface area is 174 Å². The summed E-state index contributed by atoms with van der Waals surface area (Å²) >= 11 is 0. The van der Waals surface area contributed by atoms with Crippen LogP contribution in [-0.2, 0) is 11.2 Å². The minimum atomic E-state index is -0.818. The number of amides is 1. The maximum absolute atomic E-state index is 12.5. The molecule has 0 saturated heterocycles. The molecule has 3 rings (SSSR count). The van der Waals surface area contributed by atoms with Gasteiger partial charge >= 0.3 is 5.63 Å². The molecule has 1 atom stereocenters. The predicted octanol–water partition coefficient (Wildman–Crippen LogP) is 3.45. The number of ether oxygens (including phenoxy) is 1. The molecule has 156 valence electrons. The summed E-state index contributed by atoms with van der Waals surface area (Å²) in [5, 5.41) is 13.6. The number of aliphatic hydroxyl groups excluding tert-OH is 1. The largest absolute Gasteiger partial charge is 0.489 e. The number of carbonyl (C=O) groups is 1. The Morgan fingerprint density at radius 3 is 2.67 bits per heavy atom. The van der Waals surface area contributed by atoms with Gasteiger partial charge in [0.15, 0.2) is 0 Å². The third kappa shape index (κ3) is 5.15. The molecule has 0 saturated carbocycles. The Hall–Kier alpha value is -3.38. The standard InChI is InChI=1S/C24H25NO5/c1-15(2)14-29-18-9-10-19-16(3)20(24(28)30-22(19)11-18)12-23(27)25-13-21(26)17-7-5-4-6-8-17/h4-11,21,26H,1,12-14H2,2-3H3,(H,25,27). The van der Waals surface area contributed by atoms with Crippen molar-refractivity contribution in [3.63, 3.8) is 0 Å². The van der Waals surface area contributed by atoms with Crippen molar-refractivity contribution in [2.75, 3.05) is 13.2 Å². The first kappa shape index (κ1) is 21.3. The smallest absolute Gasteiger partial charge is 0.340 e. The fourth-order valence-electron chi connectivity index (χ4n) is 3.10. The fourth-order valence-corrected chi connectivity index (χ4v) is 3.10. The van der Waals surface area contributed by atoms with Gasteiger partial charge in [0.2, 0.25) is 5.91 Å². The van der Waals surface area contributed by atoms with Crippen molar-refractivity contribution in [2.24, 2.45) is 0 Å². The van der Waals surface area contributed by atoms with E-state index in [1.807, 2.05) is 31.2 Å². The minimum Gasteiger partial charge on any atom is -0.489 e. The van der Waals surface area contributed by atoms with Gasteiger partial charge in [0, 0.05) is 18.0 Å². The molecule has 0 spiro atoms. The van der Waals surface area contributed by atoms with Gasteiger partial charge in [0.25, 0.3) is 0 Å². The summed E-state index contributed by atoms with van der Waals surface area (Å²) in [7, 11) is 0. The molecule has 0 aliphatic rings. The second-order valence-electron chi connectivity index (χ2n) is 7.30. The van der Waals surface area contributed by atoms with Crippen molar-refractivity contribution in [3.05, 3.63) is 87.8 Å². The van der Waals surface area contributed by atoms with Crippen LogP contribution in [-0.4, -0.2) is 24.2 Å². The molecule has 3 aromatic rings. The molecule has 6 heteroatoms. The van der Waals surface area contributed by atoms with Crippen molar-refractivity contribution in [1.29, 1.82) is 0 Å². The highest BCUT2D eigenvalue weighted by Gasteiger charge is 2.16. The van der Waals surface area contributed by atoms with Crippen LogP contribution in [0.2, 0.25) is 0 Å². The zero-order chi connectivity index (χ0) is 21.7. The minimum absolute atomic E-state index is 0.0597. The van der Waals surface area contributed by atoms with Gasteiger partial charge in [-0.25, -0.2) is 4.79 Å². The van der Waals surface area contributed by atoms with E-state index in [9.17, 15) is 14.7 Å². The number of hydrogen-bond acceptors (Lipinski definition) is 5. The number of carbonyl (C=O) groups excluding carboxylic acids is 1. The third-order valence-corrected chi connectivity index (χ3v) is 4.76. The maximum Gasteiger partial charge on any atom is 0.340 e. The van der Waals surface area contributed by atoms with E-state index in [0.29, 0.717) is 34.6 Å². The average molecular weight is 407 g/mol. The van der Waals surface area contributed by atoms with E-state index in [1.165, 1.54) is 0 Å². The van der Waals surface area contributed by atoms with E-state index in [0.717, 1.165) is 11.0 Å². The second kappa shape index (κ2) is 9.41. The second-order valence-corrected chi connectivity index (χ2v) is 7.30. The van der Waals surface area contributed by atoms with E-state index < -0.39 is 11.7 Å². The summed E-state index contributed by atoms with van der Waals surface area (Å²) < 4.78 is 11.0. The summed E-state index contributed by atoms with van der Waals surface area (Å²) in [5.41, 5.74) is 2.42. The van der Waals surface area contributed by atoms with Crippen LogP contribution >= 0.6 is 0 Å². The molecular formula is C24H25NO5. The van der Waals surface area contributed by atoms with Crippen LogP contribution in [0.1, 0.15) is 29.7 Å². The van der Waals surface area contributed by atoms with E-state index in [1.54, 1.807) is 31.2 Å². The summed E-state index contributed by atoms with van der Waals surface area (Å²) in [6.07, 6.45) is -0.943. The summed E-state index contributed by atoms with van der Waals surface area (Å²) in [5.74, 6) is 0.217. The number of fused-ring (bicyclic) bond motifs is 1. The van der Waals surface area contributed by atoms with Crippen LogP contribution in [0.25, 0.3) is 11.0 Å². The molecule has 0 radical (unpaired) electrons. The number of benzene rings is 2. The predicted molar refractivity (Wildman–Crippen MR) is 116 cm³/mol. The molecule has 1 unspecified atom stereocenters. The fraction of sp³-hybridized carbons (Fsp3) is 0.250. The van der Waals surface area contributed by atoms with Crippen molar-refractivity contribution >= 4 is 16.9 Å². The lowest BCUT2D eigenvalue weighted by Crippen LogP contribution is -2.31. The van der Waals surface area contributed by atoms with Crippen LogP contribution in [0.4, 0.5) is 0 Å². The normalized spacial score (nSPS) is 11.8. The summed E-state index contributed by atoms with van der Waals surface area (Å²) in [4.78, 5) is 24.8. The molecule has 0 fully saturated rings. The van der Waals surface area contributed by atoms with E-state index in [4.69, 9.17) is 9.15 Å². The van der Waals surface area contributed by atoms with Crippen LogP contribution in [0.15, 0.2) is 69.9 Å². The van der Waals surface area contributed by atoms with Crippen molar-refractivity contribution in [3.8, 4) is 5.75 Å². The van der Waals surface area contributed by atoms with Crippen molar-refractivity contribution in [2.45, 2.75) is 26.4 Å². The zero-order valence-corrected chi connectivity index (χ0v) is 17.1. The Kier molecular flexibility index (Phi) is 6.69.